The van der Waals surface area contributed by atoms with Crippen molar-refractivity contribution in [3.8, 4) is 0 Å². The van der Waals surface area contributed by atoms with E-state index in [-0.39, 0.29) is 18.8 Å². The van der Waals surface area contributed by atoms with Gasteiger partial charge in [-0.3, -0.25) is 14.4 Å². The lowest BCUT2D eigenvalue weighted by Crippen LogP contribution is -2.34. The van der Waals surface area contributed by atoms with Gasteiger partial charge < -0.3 is 19.3 Å². The van der Waals surface area contributed by atoms with Gasteiger partial charge in [-0.15, -0.1) is 0 Å². The van der Waals surface area contributed by atoms with Crippen molar-refractivity contribution >= 4 is 17.9 Å². The third-order valence-corrected chi connectivity index (χ3v) is 5.41. The molecule has 0 aromatic carbocycles. The van der Waals surface area contributed by atoms with Crippen molar-refractivity contribution in [3.63, 3.8) is 0 Å². The van der Waals surface area contributed by atoms with Gasteiger partial charge in [-0.05, 0) is 38.2 Å². The Bertz CT molecular complexity index is 707. The van der Waals surface area contributed by atoms with Crippen LogP contribution in [0, 0.1) is 0 Å². The number of methoxy groups -OCH3 is 1. The molecule has 1 fully saturated rings. The molecule has 0 saturated heterocycles. The van der Waals surface area contributed by atoms with Crippen LogP contribution in [0.15, 0.2) is 36.0 Å². The number of hydrogen-bond donors (Lipinski definition) is 1. The number of hydrogen-bond acceptors (Lipinski definition) is 7. The molecule has 32 heavy (non-hydrogen) atoms. The fourth-order valence-electron chi connectivity index (χ4n) is 3.84. The first-order valence-electron chi connectivity index (χ1n) is 11.4. The van der Waals surface area contributed by atoms with Crippen molar-refractivity contribution < 1.29 is 33.7 Å². The van der Waals surface area contributed by atoms with E-state index in [1.807, 2.05) is 6.08 Å². The predicted molar refractivity (Wildman–Crippen MR) is 122 cm³/mol. The van der Waals surface area contributed by atoms with Crippen molar-refractivity contribution in [1.82, 2.24) is 0 Å². The molecule has 0 aromatic heterocycles. The van der Waals surface area contributed by atoms with Gasteiger partial charge in [-0.1, -0.05) is 44.1 Å². The first kappa shape index (κ1) is 27.6. The number of aliphatic hydroxyl groups is 1. The number of aliphatic hydroxyl groups excluding tert-OH is 1. The summed E-state index contributed by atoms with van der Waals surface area (Å²) in [4.78, 5) is 34.6. The molecule has 1 aliphatic rings. The minimum atomic E-state index is -0.889. The fraction of sp³-hybridized carbons (Fsp3) is 0.640. The van der Waals surface area contributed by atoms with Crippen molar-refractivity contribution in [2.24, 2.45) is 0 Å². The molecule has 0 aromatic rings. The van der Waals surface area contributed by atoms with Gasteiger partial charge in [0.15, 0.2) is 0 Å². The van der Waals surface area contributed by atoms with Crippen LogP contribution < -0.4 is 0 Å². The molecule has 1 N–H and O–H groups in total. The Balaban J connectivity index is 3.00. The summed E-state index contributed by atoms with van der Waals surface area (Å²) < 4.78 is 15.6. The molecular formula is C25H38O7. The smallest absolute Gasteiger partial charge is 0.305 e. The van der Waals surface area contributed by atoms with Crippen LogP contribution in [0.1, 0.15) is 78.6 Å². The highest BCUT2D eigenvalue weighted by Gasteiger charge is 2.45. The minimum Gasteiger partial charge on any atom is -0.469 e. The van der Waals surface area contributed by atoms with Crippen molar-refractivity contribution in [2.75, 3.05) is 7.11 Å². The van der Waals surface area contributed by atoms with Crippen molar-refractivity contribution in [2.45, 2.75) is 96.4 Å². The SMILES string of the molecule is CCCCC/C=C\C[C@]1(OC(C)=O)CC[C@@H](O)/C1=C\C=C\[C@@H](CCC(=O)OC)OC(C)=O. The molecule has 0 aliphatic heterocycles. The first-order valence-corrected chi connectivity index (χ1v) is 11.4. The maximum Gasteiger partial charge on any atom is 0.305 e. The highest BCUT2D eigenvalue weighted by Crippen LogP contribution is 2.42. The van der Waals surface area contributed by atoms with Crippen LogP contribution in [-0.4, -0.2) is 47.9 Å². The van der Waals surface area contributed by atoms with Gasteiger partial charge in [0.25, 0.3) is 0 Å². The number of allylic oxidation sites excluding steroid dienone is 3. The lowest BCUT2D eigenvalue weighted by atomic mass is 9.91. The molecule has 7 nitrogen and oxygen atoms in total. The molecule has 1 saturated carbocycles. The molecular weight excluding hydrogens is 412 g/mol. The number of rotatable bonds is 13. The molecule has 7 heteroatoms. The average molecular weight is 451 g/mol. The minimum absolute atomic E-state index is 0.109. The largest absolute Gasteiger partial charge is 0.469 e. The summed E-state index contributed by atoms with van der Waals surface area (Å²) in [5, 5.41) is 10.6. The number of carbonyl (C=O) groups is 3. The average Bonchev–Trinajstić information content (AvgIpc) is 3.03. The lowest BCUT2D eigenvalue weighted by molar-refractivity contribution is -0.152. The van der Waals surface area contributed by atoms with Gasteiger partial charge in [0.05, 0.1) is 13.2 Å². The van der Waals surface area contributed by atoms with Crippen molar-refractivity contribution in [3.05, 3.63) is 36.0 Å². The maximum atomic E-state index is 11.8. The Labute approximate surface area is 191 Å². The number of unbranched alkanes of at least 4 members (excludes halogenated alkanes) is 3. The van der Waals surface area contributed by atoms with Gasteiger partial charge in [-0.2, -0.15) is 0 Å². The van der Waals surface area contributed by atoms with Gasteiger partial charge in [-0.25, -0.2) is 0 Å². The van der Waals surface area contributed by atoms with E-state index in [1.54, 1.807) is 18.2 Å². The van der Waals surface area contributed by atoms with Crippen LogP contribution in [0.5, 0.6) is 0 Å². The Hall–Kier alpha value is -2.41. The molecule has 1 rings (SSSR count). The van der Waals surface area contributed by atoms with Crippen LogP contribution in [-0.2, 0) is 28.6 Å². The summed E-state index contributed by atoms with van der Waals surface area (Å²) in [5.41, 5.74) is -0.267. The summed E-state index contributed by atoms with van der Waals surface area (Å²) >= 11 is 0. The first-order chi connectivity index (χ1) is 15.2. The van der Waals surface area contributed by atoms with Gasteiger partial charge >= 0.3 is 17.9 Å². The number of carbonyl (C=O) groups excluding carboxylic acids is 3. The Kier molecular flexibility index (Phi) is 12.6. The van der Waals surface area contributed by atoms with Crippen LogP contribution in [0.3, 0.4) is 0 Å². The van der Waals surface area contributed by atoms with E-state index in [0.717, 1.165) is 19.3 Å². The molecule has 0 amide bonds. The fourth-order valence-corrected chi connectivity index (χ4v) is 3.84. The van der Waals surface area contributed by atoms with E-state index in [4.69, 9.17) is 9.47 Å². The Morgan fingerprint density at radius 2 is 1.94 bits per heavy atom. The van der Waals surface area contributed by atoms with Crippen LogP contribution in [0.25, 0.3) is 0 Å². The van der Waals surface area contributed by atoms with Crippen molar-refractivity contribution in [1.29, 1.82) is 0 Å². The van der Waals surface area contributed by atoms with Gasteiger partial charge in [0.1, 0.15) is 11.7 Å². The van der Waals surface area contributed by atoms with E-state index in [1.165, 1.54) is 27.4 Å². The number of ether oxygens (including phenoxy) is 3. The van der Waals surface area contributed by atoms with Crippen LogP contribution in [0.4, 0.5) is 0 Å². The summed E-state index contributed by atoms with van der Waals surface area (Å²) in [6.45, 7) is 4.83. The second-order valence-electron chi connectivity index (χ2n) is 8.08. The maximum absolute atomic E-state index is 11.8. The van der Waals surface area contributed by atoms with Gasteiger partial charge in [0, 0.05) is 32.3 Å². The zero-order chi connectivity index (χ0) is 24.0. The highest BCUT2D eigenvalue weighted by molar-refractivity contribution is 5.69. The summed E-state index contributed by atoms with van der Waals surface area (Å²) in [6.07, 6.45) is 14.2. The summed E-state index contributed by atoms with van der Waals surface area (Å²) in [5.74, 6) is -1.25. The third-order valence-electron chi connectivity index (χ3n) is 5.41. The van der Waals surface area contributed by atoms with E-state index in [0.29, 0.717) is 24.8 Å². The standard InChI is InChI=1S/C25H38O7/c1-5-6-7-8-9-10-17-25(32-20(3)27)18-16-23(28)22(25)13-11-12-21(31-19(2)26)14-15-24(29)30-4/h9-13,21,23,28H,5-8,14-18H2,1-4H3/b10-9-,12-11+,22-13+/t21-,23+,25-/m0/s1. The zero-order valence-corrected chi connectivity index (χ0v) is 19.8. The van der Waals surface area contributed by atoms with E-state index >= 15 is 0 Å². The van der Waals surface area contributed by atoms with E-state index < -0.39 is 29.7 Å². The predicted octanol–water partition coefficient (Wildman–Crippen LogP) is 4.34. The summed E-state index contributed by atoms with van der Waals surface area (Å²) in [7, 11) is 1.30. The number of esters is 3. The van der Waals surface area contributed by atoms with Crippen LogP contribution in [0.2, 0.25) is 0 Å². The molecule has 0 unspecified atom stereocenters. The molecule has 0 radical (unpaired) electrons. The van der Waals surface area contributed by atoms with E-state index in [2.05, 4.69) is 17.7 Å². The molecule has 180 valence electrons. The highest BCUT2D eigenvalue weighted by atomic mass is 16.6. The Morgan fingerprint density at radius 1 is 1.19 bits per heavy atom. The zero-order valence-electron chi connectivity index (χ0n) is 19.8. The van der Waals surface area contributed by atoms with E-state index in [9.17, 15) is 19.5 Å². The topological polar surface area (TPSA) is 99.1 Å². The monoisotopic (exact) mass is 450 g/mol. The third kappa shape index (κ3) is 9.81. The molecule has 0 heterocycles. The van der Waals surface area contributed by atoms with Gasteiger partial charge in [0.2, 0.25) is 0 Å². The lowest BCUT2D eigenvalue weighted by Gasteiger charge is -2.30. The molecule has 0 spiro atoms. The quantitative estimate of drug-likeness (QED) is 0.193. The Morgan fingerprint density at radius 3 is 2.56 bits per heavy atom. The normalized spacial score (nSPS) is 23.0. The molecule has 3 atom stereocenters. The van der Waals surface area contributed by atoms with Crippen LogP contribution >= 0.6 is 0 Å². The summed E-state index contributed by atoms with van der Waals surface area (Å²) in [6, 6.07) is 0. The second-order valence-corrected chi connectivity index (χ2v) is 8.08. The molecule has 0 bridgehead atoms. The molecule has 1 aliphatic carbocycles. The second kappa shape index (κ2) is 14.6.